The Labute approximate surface area is 126 Å². The minimum Gasteiger partial charge on any atom is -0.437 e. The molecule has 0 aliphatic rings. The van der Waals surface area contributed by atoms with Crippen molar-refractivity contribution in [3.8, 4) is 23.1 Å². The number of carbonyl (C=O) groups is 1. The average Bonchev–Trinajstić information content (AvgIpc) is 2.93. The van der Waals surface area contributed by atoms with Crippen molar-refractivity contribution in [3.05, 3.63) is 54.1 Å². The van der Waals surface area contributed by atoms with E-state index in [2.05, 4.69) is 15.8 Å². The third-order valence-corrected chi connectivity index (χ3v) is 3.31. The largest absolute Gasteiger partial charge is 0.513 e. The van der Waals surface area contributed by atoms with E-state index in [9.17, 15) is 4.79 Å². The molecule has 1 N–H and O–H groups in total. The van der Waals surface area contributed by atoms with E-state index in [0.717, 1.165) is 16.5 Å². The van der Waals surface area contributed by atoms with E-state index in [1.165, 1.54) is 7.11 Å². The quantitative estimate of drug-likeness (QED) is 0.728. The number of aromatic amines is 1. The second-order valence-electron chi connectivity index (χ2n) is 4.62. The zero-order chi connectivity index (χ0) is 15.5. The van der Waals surface area contributed by atoms with Crippen LogP contribution < -0.4 is 4.74 Å². The summed E-state index contributed by atoms with van der Waals surface area (Å²) in [4.78, 5) is 14.7. The van der Waals surface area contributed by atoms with Crippen molar-refractivity contribution in [3.63, 3.8) is 0 Å². The monoisotopic (exact) mass is 292 g/mol. The molecule has 0 amide bonds. The van der Waals surface area contributed by atoms with E-state index >= 15 is 0 Å². The molecule has 22 heavy (non-hydrogen) atoms. The van der Waals surface area contributed by atoms with Gasteiger partial charge in [-0.25, -0.2) is 4.79 Å². The molecular weight excluding hydrogens is 280 g/mol. The Kier molecular flexibility index (Phi) is 3.50. The zero-order valence-electron chi connectivity index (χ0n) is 11.8. The number of benzene rings is 2. The van der Waals surface area contributed by atoms with Gasteiger partial charge < -0.3 is 14.5 Å². The number of para-hydroxylation sites is 1. The topological polar surface area (TPSA) is 75.1 Å². The summed E-state index contributed by atoms with van der Waals surface area (Å²) in [5.41, 5.74) is 2.89. The fourth-order valence-electron chi connectivity index (χ4n) is 2.26. The molecule has 0 aliphatic heterocycles. The average molecular weight is 292 g/mol. The molecule has 1 aromatic heterocycles. The van der Waals surface area contributed by atoms with Crippen molar-refractivity contribution in [1.29, 1.82) is 5.26 Å². The molecule has 5 nitrogen and oxygen atoms in total. The van der Waals surface area contributed by atoms with Crippen LogP contribution >= 0.6 is 0 Å². The summed E-state index contributed by atoms with van der Waals surface area (Å²) in [5, 5.41) is 9.66. The van der Waals surface area contributed by atoms with Gasteiger partial charge in [0.25, 0.3) is 0 Å². The van der Waals surface area contributed by atoms with Crippen LogP contribution in [0.2, 0.25) is 0 Å². The number of nitrogens with zero attached hydrogens (tertiary/aromatic N) is 1. The number of fused-ring (bicyclic) bond motifs is 1. The Morgan fingerprint density at radius 3 is 2.55 bits per heavy atom. The first-order chi connectivity index (χ1) is 10.7. The van der Waals surface area contributed by atoms with Gasteiger partial charge in [0, 0.05) is 16.5 Å². The van der Waals surface area contributed by atoms with Crippen LogP contribution in [-0.2, 0) is 4.74 Å². The molecule has 0 spiro atoms. The molecule has 0 fully saturated rings. The molecule has 1 heterocycles. The first-order valence-electron chi connectivity index (χ1n) is 6.60. The van der Waals surface area contributed by atoms with Crippen LogP contribution in [0.3, 0.4) is 0 Å². The van der Waals surface area contributed by atoms with Crippen LogP contribution in [-0.4, -0.2) is 18.2 Å². The van der Waals surface area contributed by atoms with E-state index < -0.39 is 6.16 Å². The van der Waals surface area contributed by atoms with Gasteiger partial charge in [-0.2, -0.15) is 5.26 Å². The molecule has 108 valence electrons. The molecule has 0 atom stereocenters. The van der Waals surface area contributed by atoms with Gasteiger partial charge in [0.2, 0.25) is 0 Å². The zero-order valence-corrected chi connectivity index (χ0v) is 11.8. The Morgan fingerprint density at radius 1 is 1.14 bits per heavy atom. The van der Waals surface area contributed by atoms with Crippen molar-refractivity contribution >= 4 is 17.1 Å². The minimum absolute atomic E-state index is 0.409. The van der Waals surface area contributed by atoms with E-state index in [4.69, 9.17) is 10.00 Å². The number of methoxy groups -OCH3 is 1. The van der Waals surface area contributed by atoms with Crippen molar-refractivity contribution in [2.75, 3.05) is 7.11 Å². The molecular formula is C17H12N2O3. The van der Waals surface area contributed by atoms with Gasteiger partial charge in [-0.05, 0) is 24.3 Å². The third kappa shape index (κ3) is 2.38. The van der Waals surface area contributed by atoms with Crippen LogP contribution in [0.15, 0.2) is 48.5 Å². The summed E-state index contributed by atoms with van der Waals surface area (Å²) in [7, 11) is 1.26. The summed E-state index contributed by atoms with van der Waals surface area (Å²) >= 11 is 0. The Hall–Kier alpha value is -3.26. The van der Waals surface area contributed by atoms with Crippen LogP contribution in [0, 0.1) is 11.3 Å². The van der Waals surface area contributed by atoms with Gasteiger partial charge >= 0.3 is 6.16 Å². The van der Waals surface area contributed by atoms with E-state index in [1.807, 2.05) is 24.3 Å². The highest BCUT2D eigenvalue weighted by Gasteiger charge is 2.17. The van der Waals surface area contributed by atoms with E-state index in [1.54, 1.807) is 24.3 Å². The highest BCUT2D eigenvalue weighted by atomic mass is 16.7. The lowest BCUT2D eigenvalue weighted by Crippen LogP contribution is -2.07. The number of hydrogen-bond donors (Lipinski definition) is 1. The molecule has 3 rings (SSSR count). The van der Waals surface area contributed by atoms with Crippen LogP contribution in [0.4, 0.5) is 4.79 Å². The van der Waals surface area contributed by atoms with Crippen LogP contribution in [0.25, 0.3) is 22.2 Å². The molecule has 3 aromatic rings. The lowest BCUT2D eigenvalue weighted by atomic mass is 10.1. The van der Waals surface area contributed by atoms with Crippen molar-refractivity contribution in [2.24, 2.45) is 0 Å². The number of carbonyl (C=O) groups excluding carboxylic acids is 1. The summed E-state index contributed by atoms with van der Waals surface area (Å²) in [5.74, 6) is 0.409. The molecule has 5 heteroatoms. The molecule has 2 aromatic carbocycles. The van der Waals surface area contributed by atoms with Gasteiger partial charge in [-0.1, -0.05) is 24.3 Å². The lowest BCUT2D eigenvalue weighted by molar-refractivity contribution is 0.122. The first kappa shape index (κ1) is 13.7. The number of H-pyrrole nitrogens is 1. The highest BCUT2D eigenvalue weighted by molar-refractivity contribution is 5.95. The van der Waals surface area contributed by atoms with Crippen molar-refractivity contribution in [1.82, 2.24) is 4.98 Å². The van der Waals surface area contributed by atoms with Crippen LogP contribution in [0.1, 0.15) is 5.56 Å². The van der Waals surface area contributed by atoms with Gasteiger partial charge in [0.05, 0.1) is 24.4 Å². The molecule has 0 saturated carbocycles. The fraction of sp³-hybridized carbons (Fsp3) is 0.0588. The Balaban J connectivity index is 2.16. The first-order valence-corrected chi connectivity index (χ1v) is 6.60. The van der Waals surface area contributed by atoms with Crippen molar-refractivity contribution < 1.29 is 14.3 Å². The molecule has 0 bridgehead atoms. The van der Waals surface area contributed by atoms with E-state index in [-0.39, 0.29) is 0 Å². The van der Waals surface area contributed by atoms with Crippen LogP contribution in [0.5, 0.6) is 5.75 Å². The van der Waals surface area contributed by atoms with Gasteiger partial charge in [0.1, 0.15) is 0 Å². The molecule has 0 unspecified atom stereocenters. The van der Waals surface area contributed by atoms with E-state index in [0.29, 0.717) is 17.0 Å². The summed E-state index contributed by atoms with van der Waals surface area (Å²) in [6, 6.07) is 16.6. The highest BCUT2D eigenvalue weighted by Crippen LogP contribution is 2.37. The Bertz CT molecular complexity index is 873. The maximum absolute atomic E-state index is 11.5. The predicted molar refractivity (Wildman–Crippen MR) is 81.5 cm³/mol. The van der Waals surface area contributed by atoms with Crippen molar-refractivity contribution in [2.45, 2.75) is 0 Å². The number of nitriles is 1. The summed E-state index contributed by atoms with van der Waals surface area (Å²) in [6.45, 7) is 0. The SMILES string of the molecule is COC(=O)Oc1c(-c2ccc(C#N)cc2)[nH]c2ccccc12. The number of aromatic nitrogens is 1. The fourth-order valence-corrected chi connectivity index (χ4v) is 2.26. The van der Waals surface area contributed by atoms with Gasteiger partial charge in [-0.3, -0.25) is 0 Å². The number of hydrogen-bond acceptors (Lipinski definition) is 4. The van der Waals surface area contributed by atoms with Gasteiger partial charge in [0.15, 0.2) is 5.75 Å². The lowest BCUT2D eigenvalue weighted by Gasteiger charge is -2.05. The number of nitrogens with one attached hydrogen (secondary N) is 1. The predicted octanol–water partition coefficient (Wildman–Crippen LogP) is 3.85. The molecule has 0 radical (unpaired) electrons. The standard InChI is InChI=1S/C17H12N2O3/c1-21-17(20)22-16-13-4-2-3-5-14(13)19-15(16)12-8-6-11(10-18)7-9-12/h2-9,19H,1H3. The molecule has 0 aliphatic carbocycles. The third-order valence-electron chi connectivity index (χ3n) is 3.31. The minimum atomic E-state index is -0.778. The normalized spacial score (nSPS) is 10.2. The maximum atomic E-state index is 11.5. The number of ether oxygens (including phenoxy) is 2. The Morgan fingerprint density at radius 2 is 1.86 bits per heavy atom. The maximum Gasteiger partial charge on any atom is 0.513 e. The molecule has 0 saturated heterocycles. The smallest absolute Gasteiger partial charge is 0.437 e. The second-order valence-corrected chi connectivity index (χ2v) is 4.62. The van der Waals surface area contributed by atoms with Gasteiger partial charge in [-0.15, -0.1) is 0 Å². The second kappa shape index (κ2) is 5.62. The summed E-state index contributed by atoms with van der Waals surface area (Å²) < 4.78 is 9.88. The summed E-state index contributed by atoms with van der Waals surface area (Å²) in [6.07, 6.45) is -0.778. The number of rotatable bonds is 2.